The van der Waals surface area contributed by atoms with Crippen LogP contribution in [0.3, 0.4) is 0 Å². The fourth-order valence-corrected chi connectivity index (χ4v) is 1.61. The van der Waals surface area contributed by atoms with Crippen LogP contribution in [0.25, 0.3) is 0 Å². The van der Waals surface area contributed by atoms with E-state index in [1.807, 2.05) is 25.1 Å². The summed E-state index contributed by atoms with van der Waals surface area (Å²) in [4.78, 5) is 0. The minimum atomic E-state index is -0.0365. The average Bonchev–Trinajstić information content (AvgIpc) is 2.04. The molecule has 1 aromatic rings. The van der Waals surface area contributed by atoms with Crippen LogP contribution < -0.4 is 5.73 Å². The Morgan fingerprint density at radius 3 is 2.85 bits per heavy atom. The van der Waals surface area contributed by atoms with Gasteiger partial charge in [0.15, 0.2) is 0 Å². The lowest BCUT2D eigenvalue weighted by Gasteiger charge is -2.11. The van der Waals surface area contributed by atoms with Gasteiger partial charge in [-0.05, 0) is 30.5 Å². The molecule has 0 radical (unpaired) electrons. The van der Waals surface area contributed by atoms with Crippen LogP contribution >= 0.6 is 11.6 Å². The molecule has 13 heavy (non-hydrogen) atoms. The standard InChI is InChI=1S/C11H14ClN/c1-3-4-11(13)9-6-5-8(2)7-10(9)12/h3,5-7,11H,1,4,13H2,2H3. The zero-order chi connectivity index (χ0) is 9.84. The van der Waals surface area contributed by atoms with Crippen molar-refractivity contribution in [1.82, 2.24) is 0 Å². The van der Waals surface area contributed by atoms with E-state index >= 15 is 0 Å². The first-order valence-electron chi connectivity index (χ1n) is 4.27. The molecule has 0 aliphatic rings. The summed E-state index contributed by atoms with van der Waals surface area (Å²) in [5, 5.41) is 0.745. The van der Waals surface area contributed by atoms with E-state index in [1.54, 1.807) is 6.08 Å². The van der Waals surface area contributed by atoms with E-state index in [0.717, 1.165) is 22.6 Å². The molecule has 0 spiro atoms. The molecule has 1 nitrogen and oxygen atoms in total. The smallest absolute Gasteiger partial charge is 0.0456 e. The molecule has 70 valence electrons. The third-order valence-corrected chi connectivity index (χ3v) is 2.30. The quantitative estimate of drug-likeness (QED) is 0.737. The van der Waals surface area contributed by atoms with Gasteiger partial charge in [0.05, 0.1) is 0 Å². The molecule has 1 rings (SSSR count). The number of benzene rings is 1. The van der Waals surface area contributed by atoms with Gasteiger partial charge in [-0.3, -0.25) is 0 Å². The van der Waals surface area contributed by atoms with Gasteiger partial charge in [0.25, 0.3) is 0 Å². The fourth-order valence-electron chi connectivity index (χ4n) is 1.24. The van der Waals surface area contributed by atoms with E-state index in [4.69, 9.17) is 17.3 Å². The van der Waals surface area contributed by atoms with Crippen LogP contribution in [0.1, 0.15) is 23.6 Å². The molecule has 2 heteroatoms. The van der Waals surface area contributed by atoms with E-state index in [0.29, 0.717) is 0 Å². The number of nitrogens with two attached hydrogens (primary N) is 1. The monoisotopic (exact) mass is 195 g/mol. The van der Waals surface area contributed by atoms with Gasteiger partial charge in [0.2, 0.25) is 0 Å². The Kier molecular flexibility index (Phi) is 3.52. The molecule has 1 aromatic carbocycles. The van der Waals surface area contributed by atoms with Gasteiger partial charge in [-0.15, -0.1) is 6.58 Å². The maximum atomic E-state index is 6.05. The Labute approximate surface area is 84.2 Å². The highest BCUT2D eigenvalue weighted by Gasteiger charge is 2.07. The van der Waals surface area contributed by atoms with Crippen LogP contribution in [0.5, 0.6) is 0 Å². The molecule has 0 aliphatic heterocycles. The lowest BCUT2D eigenvalue weighted by molar-refractivity contribution is 0.742. The Morgan fingerprint density at radius 1 is 1.62 bits per heavy atom. The SMILES string of the molecule is C=CCC(N)c1ccc(C)cc1Cl. The van der Waals surface area contributed by atoms with Crippen LogP contribution in [-0.4, -0.2) is 0 Å². The predicted octanol–water partition coefficient (Wildman–Crippen LogP) is 3.22. The van der Waals surface area contributed by atoms with Crippen molar-refractivity contribution in [2.75, 3.05) is 0 Å². The van der Waals surface area contributed by atoms with Crippen LogP contribution in [0.15, 0.2) is 30.9 Å². The van der Waals surface area contributed by atoms with Crippen molar-refractivity contribution >= 4 is 11.6 Å². The van der Waals surface area contributed by atoms with E-state index in [-0.39, 0.29) is 6.04 Å². The second-order valence-corrected chi connectivity index (χ2v) is 3.56. The van der Waals surface area contributed by atoms with Gasteiger partial charge < -0.3 is 5.73 Å². The highest BCUT2D eigenvalue weighted by Crippen LogP contribution is 2.24. The van der Waals surface area contributed by atoms with E-state index < -0.39 is 0 Å². The molecule has 0 heterocycles. The Hall–Kier alpha value is -0.790. The number of aryl methyl sites for hydroxylation is 1. The van der Waals surface area contributed by atoms with Crippen molar-refractivity contribution in [2.45, 2.75) is 19.4 Å². The summed E-state index contributed by atoms with van der Waals surface area (Å²) >= 11 is 6.05. The Balaban J connectivity index is 2.94. The maximum absolute atomic E-state index is 6.05. The maximum Gasteiger partial charge on any atom is 0.0456 e. The van der Waals surface area contributed by atoms with E-state index in [2.05, 4.69) is 6.58 Å². The highest BCUT2D eigenvalue weighted by atomic mass is 35.5. The summed E-state index contributed by atoms with van der Waals surface area (Å²) in [7, 11) is 0. The third-order valence-electron chi connectivity index (χ3n) is 1.98. The zero-order valence-electron chi connectivity index (χ0n) is 7.76. The normalized spacial score (nSPS) is 12.5. The van der Waals surface area contributed by atoms with Crippen molar-refractivity contribution in [2.24, 2.45) is 5.73 Å². The first-order chi connectivity index (χ1) is 6.15. The molecule has 0 bridgehead atoms. The van der Waals surface area contributed by atoms with Crippen LogP contribution in [0.2, 0.25) is 5.02 Å². The van der Waals surface area contributed by atoms with Crippen molar-refractivity contribution in [1.29, 1.82) is 0 Å². The minimum absolute atomic E-state index is 0.0365. The summed E-state index contributed by atoms with van der Waals surface area (Å²) in [6.45, 7) is 5.66. The highest BCUT2D eigenvalue weighted by molar-refractivity contribution is 6.31. The molecule has 1 atom stereocenters. The molecule has 2 N–H and O–H groups in total. The van der Waals surface area contributed by atoms with Crippen LogP contribution in [-0.2, 0) is 0 Å². The van der Waals surface area contributed by atoms with Gasteiger partial charge in [-0.1, -0.05) is 29.8 Å². The first kappa shape index (κ1) is 10.3. The number of halogens is 1. The van der Waals surface area contributed by atoms with Gasteiger partial charge >= 0.3 is 0 Å². The summed E-state index contributed by atoms with van der Waals surface area (Å²) in [5.74, 6) is 0. The molecule has 0 aliphatic carbocycles. The van der Waals surface area contributed by atoms with Crippen LogP contribution in [0, 0.1) is 6.92 Å². The minimum Gasteiger partial charge on any atom is -0.324 e. The molecule has 0 saturated carbocycles. The number of hydrogen-bond acceptors (Lipinski definition) is 1. The first-order valence-corrected chi connectivity index (χ1v) is 4.65. The van der Waals surface area contributed by atoms with Crippen molar-refractivity contribution in [3.05, 3.63) is 47.0 Å². The molecule has 0 amide bonds. The summed E-state index contributed by atoms with van der Waals surface area (Å²) < 4.78 is 0. The van der Waals surface area contributed by atoms with E-state index in [1.165, 1.54) is 0 Å². The van der Waals surface area contributed by atoms with Crippen molar-refractivity contribution in [3.8, 4) is 0 Å². The van der Waals surface area contributed by atoms with Gasteiger partial charge in [0, 0.05) is 11.1 Å². The second-order valence-electron chi connectivity index (χ2n) is 3.16. The van der Waals surface area contributed by atoms with Crippen LogP contribution in [0.4, 0.5) is 0 Å². The summed E-state index contributed by atoms with van der Waals surface area (Å²) in [6, 6.07) is 5.89. The number of hydrogen-bond donors (Lipinski definition) is 1. The lowest BCUT2D eigenvalue weighted by atomic mass is 10.0. The average molecular weight is 196 g/mol. The second kappa shape index (κ2) is 4.45. The molecule has 0 aromatic heterocycles. The van der Waals surface area contributed by atoms with Gasteiger partial charge in [-0.25, -0.2) is 0 Å². The molecular weight excluding hydrogens is 182 g/mol. The van der Waals surface area contributed by atoms with Gasteiger partial charge in [-0.2, -0.15) is 0 Å². The topological polar surface area (TPSA) is 26.0 Å². The predicted molar refractivity (Wildman–Crippen MR) is 57.9 cm³/mol. The molecular formula is C11H14ClN. The lowest BCUT2D eigenvalue weighted by Crippen LogP contribution is -2.09. The fraction of sp³-hybridized carbons (Fsp3) is 0.273. The Morgan fingerprint density at radius 2 is 2.31 bits per heavy atom. The Bertz CT molecular complexity index is 307. The van der Waals surface area contributed by atoms with Crippen molar-refractivity contribution < 1.29 is 0 Å². The van der Waals surface area contributed by atoms with Crippen molar-refractivity contribution in [3.63, 3.8) is 0 Å². The zero-order valence-corrected chi connectivity index (χ0v) is 8.51. The summed E-state index contributed by atoms with van der Waals surface area (Å²) in [6.07, 6.45) is 2.56. The van der Waals surface area contributed by atoms with Gasteiger partial charge in [0.1, 0.15) is 0 Å². The molecule has 0 saturated heterocycles. The largest absolute Gasteiger partial charge is 0.324 e. The molecule has 0 fully saturated rings. The molecule has 1 unspecified atom stereocenters. The summed E-state index contributed by atoms with van der Waals surface area (Å²) in [5.41, 5.74) is 8.05. The number of rotatable bonds is 3. The van der Waals surface area contributed by atoms with E-state index in [9.17, 15) is 0 Å². The third kappa shape index (κ3) is 2.58.